The first-order valence-corrected chi connectivity index (χ1v) is 9.20. The van der Waals surface area contributed by atoms with Crippen LogP contribution in [-0.4, -0.2) is 70.3 Å². The zero-order valence-electron chi connectivity index (χ0n) is 15.3. The van der Waals surface area contributed by atoms with Crippen LogP contribution in [0.3, 0.4) is 0 Å². The zero-order chi connectivity index (χ0) is 16.9. The molecule has 2 aliphatic rings. The predicted molar refractivity (Wildman–Crippen MR) is 95.9 cm³/mol. The molecule has 1 atom stereocenters. The van der Waals surface area contributed by atoms with Crippen molar-refractivity contribution in [3.05, 3.63) is 11.6 Å². The van der Waals surface area contributed by atoms with Crippen LogP contribution in [0.15, 0.2) is 4.99 Å². The highest BCUT2D eigenvalue weighted by molar-refractivity contribution is 5.80. The summed E-state index contributed by atoms with van der Waals surface area (Å²) < 4.78 is 2.02. The summed E-state index contributed by atoms with van der Waals surface area (Å²) in [5.74, 6) is 3.62. The van der Waals surface area contributed by atoms with Gasteiger partial charge in [0.15, 0.2) is 11.8 Å². The van der Waals surface area contributed by atoms with Crippen LogP contribution >= 0.6 is 0 Å². The van der Waals surface area contributed by atoms with Crippen molar-refractivity contribution >= 4 is 5.96 Å². The molecule has 1 unspecified atom stereocenters. The second-order valence-corrected chi connectivity index (χ2v) is 7.09. The normalized spacial score (nSPS) is 23.0. The van der Waals surface area contributed by atoms with Gasteiger partial charge in [0, 0.05) is 33.7 Å². The molecule has 1 aromatic rings. The lowest BCUT2D eigenvalue weighted by molar-refractivity contribution is 0.198. The Morgan fingerprint density at radius 3 is 2.67 bits per heavy atom. The molecule has 7 heteroatoms. The summed E-state index contributed by atoms with van der Waals surface area (Å²) in [6.07, 6.45) is 5.42. The van der Waals surface area contributed by atoms with Crippen molar-refractivity contribution in [2.24, 2.45) is 18.0 Å². The van der Waals surface area contributed by atoms with Crippen molar-refractivity contribution in [2.45, 2.75) is 39.2 Å². The summed E-state index contributed by atoms with van der Waals surface area (Å²) in [6, 6.07) is 0. The molecule has 3 heterocycles. The number of nitrogens with zero attached hydrogens (tertiary/aromatic N) is 6. The van der Waals surface area contributed by atoms with Gasteiger partial charge >= 0.3 is 0 Å². The molecule has 1 N–H and O–H groups in total. The molecule has 0 aliphatic carbocycles. The van der Waals surface area contributed by atoms with Gasteiger partial charge in [-0.1, -0.05) is 6.42 Å². The predicted octanol–water partition coefficient (Wildman–Crippen LogP) is 1.01. The molecule has 0 amide bonds. The molecule has 24 heavy (non-hydrogen) atoms. The molecule has 0 spiro atoms. The first kappa shape index (κ1) is 17.2. The monoisotopic (exact) mass is 333 g/mol. The van der Waals surface area contributed by atoms with Gasteiger partial charge in [-0.15, -0.1) is 10.2 Å². The Balaban J connectivity index is 1.48. The van der Waals surface area contributed by atoms with Crippen molar-refractivity contribution in [1.82, 2.24) is 29.9 Å². The van der Waals surface area contributed by atoms with E-state index >= 15 is 0 Å². The number of aryl methyl sites for hydroxylation is 1. The van der Waals surface area contributed by atoms with E-state index in [1.807, 2.05) is 25.6 Å². The van der Waals surface area contributed by atoms with Gasteiger partial charge < -0.3 is 19.7 Å². The number of hydrogen-bond donors (Lipinski definition) is 1. The molecule has 0 saturated carbocycles. The first-order valence-electron chi connectivity index (χ1n) is 9.20. The Morgan fingerprint density at radius 1 is 1.21 bits per heavy atom. The molecule has 0 aromatic carbocycles. The van der Waals surface area contributed by atoms with Crippen molar-refractivity contribution in [1.29, 1.82) is 0 Å². The van der Waals surface area contributed by atoms with Crippen LogP contribution in [0.2, 0.25) is 0 Å². The lowest BCUT2D eigenvalue weighted by Crippen LogP contribution is -2.41. The van der Waals surface area contributed by atoms with Gasteiger partial charge in [-0.25, -0.2) is 0 Å². The number of piperidine rings is 1. The number of nitrogens with one attached hydrogen (secondary N) is 1. The summed E-state index contributed by atoms with van der Waals surface area (Å²) in [5.41, 5.74) is 0. The number of guanidine groups is 1. The molecular weight excluding hydrogens is 302 g/mol. The highest BCUT2D eigenvalue weighted by Gasteiger charge is 2.27. The summed E-state index contributed by atoms with van der Waals surface area (Å²) in [6.45, 7) is 8.65. The largest absolute Gasteiger partial charge is 0.349 e. The lowest BCUT2D eigenvalue weighted by Gasteiger charge is -2.29. The third-order valence-corrected chi connectivity index (χ3v) is 5.35. The van der Waals surface area contributed by atoms with E-state index in [0.717, 1.165) is 36.6 Å². The minimum Gasteiger partial charge on any atom is -0.349 e. The Bertz CT molecular complexity index is 559. The Morgan fingerprint density at radius 2 is 2.00 bits per heavy atom. The van der Waals surface area contributed by atoms with Gasteiger partial charge in [-0.2, -0.15) is 0 Å². The van der Waals surface area contributed by atoms with Crippen molar-refractivity contribution in [2.75, 3.05) is 39.8 Å². The summed E-state index contributed by atoms with van der Waals surface area (Å²) in [4.78, 5) is 9.50. The third-order valence-electron chi connectivity index (χ3n) is 5.35. The SMILES string of the molecule is CN=C(NCc1nnc(C)n1C)N1CCC(CN2CCCCC2)C1. The number of hydrogen-bond acceptors (Lipinski definition) is 4. The zero-order valence-corrected chi connectivity index (χ0v) is 15.3. The molecule has 1 aromatic heterocycles. The molecular formula is C17H31N7. The standard InChI is InChI=1S/C17H31N7/c1-14-20-21-16(22(14)3)11-19-17(18-2)24-10-7-15(13-24)12-23-8-5-4-6-9-23/h15H,4-13H2,1-3H3,(H,18,19). The van der Waals surface area contributed by atoms with E-state index in [2.05, 4.69) is 30.3 Å². The van der Waals surface area contributed by atoms with Crippen LogP contribution in [0.25, 0.3) is 0 Å². The highest BCUT2D eigenvalue weighted by Crippen LogP contribution is 2.19. The average molecular weight is 333 g/mol. The van der Waals surface area contributed by atoms with E-state index in [1.165, 1.54) is 45.3 Å². The average Bonchev–Trinajstić information content (AvgIpc) is 3.18. The Hall–Kier alpha value is -1.63. The minimum absolute atomic E-state index is 0.664. The summed E-state index contributed by atoms with van der Waals surface area (Å²) in [7, 11) is 3.86. The topological polar surface area (TPSA) is 61.6 Å². The van der Waals surface area contributed by atoms with Crippen LogP contribution < -0.4 is 5.32 Å². The van der Waals surface area contributed by atoms with E-state index in [4.69, 9.17) is 0 Å². The van der Waals surface area contributed by atoms with Crippen LogP contribution in [0.4, 0.5) is 0 Å². The van der Waals surface area contributed by atoms with Crippen LogP contribution in [-0.2, 0) is 13.6 Å². The highest BCUT2D eigenvalue weighted by atomic mass is 15.3. The fraction of sp³-hybridized carbons (Fsp3) is 0.824. The first-order chi connectivity index (χ1) is 11.7. The van der Waals surface area contributed by atoms with E-state index in [9.17, 15) is 0 Å². The maximum absolute atomic E-state index is 4.46. The number of rotatable bonds is 4. The van der Waals surface area contributed by atoms with Gasteiger partial charge in [0.2, 0.25) is 0 Å². The lowest BCUT2D eigenvalue weighted by atomic mass is 10.1. The molecule has 3 rings (SSSR count). The van der Waals surface area contributed by atoms with Crippen molar-refractivity contribution in [3.8, 4) is 0 Å². The maximum Gasteiger partial charge on any atom is 0.194 e. The van der Waals surface area contributed by atoms with E-state index in [1.54, 1.807) is 0 Å². The Kier molecular flexibility index (Phi) is 5.71. The number of likely N-dealkylation sites (tertiary alicyclic amines) is 2. The van der Waals surface area contributed by atoms with Crippen LogP contribution in [0, 0.1) is 12.8 Å². The van der Waals surface area contributed by atoms with Gasteiger partial charge in [0.25, 0.3) is 0 Å². The molecule has 134 valence electrons. The van der Waals surface area contributed by atoms with E-state index in [-0.39, 0.29) is 0 Å². The smallest absolute Gasteiger partial charge is 0.194 e. The Labute approximate surface area is 145 Å². The number of aliphatic imine (C=N–C) groups is 1. The summed E-state index contributed by atoms with van der Waals surface area (Å²) in [5, 5.41) is 11.8. The minimum atomic E-state index is 0.664. The number of aromatic nitrogens is 3. The van der Waals surface area contributed by atoms with Gasteiger partial charge in [-0.3, -0.25) is 4.99 Å². The maximum atomic E-state index is 4.46. The molecule has 7 nitrogen and oxygen atoms in total. The molecule has 2 saturated heterocycles. The van der Waals surface area contributed by atoms with E-state index < -0.39 is 0 Å². The molecule has 0 bridgehead atoms. The third kappa shape index (κ3) is 4.06. The van der Waals surface area contributed by atoms with E-state index in [0.29, 0.717) is 6.54 Å². The fourth-order valence-electron chi connectivity index (χ4n) is 3.78. The van der Waals surface area contributed by atoms with Crippen molar-refractivity contribution < 1.29 is 0 Å². The molecule has 0 radical (unpaired) electrons. The van der Waals surface area contributed by atoms with Gasteiger partial charge in [0.05, 0.1) is 6.54 Å². The molecule has 2 fully saturated rings. The van der Waals surface area contributed by atoms with Gasteiger partial charge in [-0.05, 0) is 45.2 Å². The quantitative estimate of drug-likeness (QED) is 0.658. The fourth-order valence-corrected chi connectivity index (χ4v) is 3.78. The van der Waals surface area contributed by atoms with Gasteiger partial charge in [0.1, 0.15) is 5.82 Å². The second-order valence-electron chi connectivity index (χ2n) is 7.09. The van der Waals surface area contributed by atoms with Crippen LogP contribution in [0.5, 0.6) is 0 Å². The second kappa shape index (κ2) is 7.96. The van der Waals surface area contributed by atoms with Crippen LogP contribution in [0.1, 0.15) is 37.3 Å². The summed E-state index contributed by atoms with van der Waals surface area (Å²) >= 11 is 0. The van der Waals surface area contributed by atoms with Crippen molar-refractivity contribution in [3.63, 3.8) is 0 Å². The molecule has 2 aliphatic heterocycles.